The van der Waals surface area contributed by atoms with Gasteiger partial charge in [-0.3, -0.25) is 28.9 Å². The third kappa shape index (κ3) is 3.31. The minimum absolute atomic E-state index is 0.00328. The third-order valence-electron chi connectivity index (χ3n) is 13.7. The Morgan fingerprint density at radius 2 is 1.24 bits per heavy atom. The molecule has 4 bridgehead atoms. The first-order valence-corrected chi connectivity index (χ1v) is 16.5. The van der Waals surface area contributed by atoms with Crippen molar-refractivity contribution < 1.29 is 24.0 Å². The van der Waals surface area contributed by atoms with E-state index >= 15 is 0 Å². The average Bonchev–Trinajstić information content (AvgIpc) is 3.76. The predicted octanol–water partition coefficient (Wildman–Crippen LogP) is 4.53. The summed E-state index contributed by atoms with van der Waals surface area (Å²) in [6.45, 7) is 12.4. The lowest BCUT2D eigenvalue weighted by molar-refractivity contribution is -0.147. The van der Waals surface area contributed by atoms with Crippen molar-refractivity contribution in [3.63, 3.8) is 0 Å². The molecule has 10 atom stereocenters. The maximum Gasteiger partial charge on any atom is 0.255 e. The molecule has 0 radical (unpaired) electrons. The van der Waals surface area contributed by atoms with Gasteiger partial charge in [-0.25, -0.2) is 0 Å². The van der Waals surface area contributed by atoms with Crippen LogP contribution in [0, 0.1) is 58.2 Å². The Morgan fingerprint density at radius 3 is 1.78 bits per heavy atom. The van der Waals surface area contributed by atoms with Crippen LogP contribution in [-0.4, -0.2) is 52.1 Å². The molecule has 7 rings (SSSR count). The van der Waals surface area contributed by atoms with E-state index in [1.807, 2.05) is 20.8 Å². The molecule has 2 spiro atoms. The van der Waals surface area contributed by atoms with Gasteiger partial charge in [-0.2, -0.15) is 0 Å². The lowest BCUT2D eigenvalue weighted by Gasteiger charge is -2.42. The molecular weight excluding hydrogens is 515 g/mol. The molecule has 41 heavy (non-hydrogen) atoms. The van der Waals surface area contributed by atoms with Gasteiger partial charge in [-0.1, -0.05) is 47.0 Å². The fourth-order valence-corrected chi connectivity index (χ4v) is 11.7. The predicted molar refractivity (Wildman–Crippen MR) is 154 cm³/mol. The normalized spacial score (nSPS) is 44.5. The van der Waals surface area contributed by atoms with Gasteiger partial charge in [0.25, 0.3) is 7.41 Å². The number of unbranched alkanes of at least 4 members (excludes halogenated alkanes) is 1. The van der Waals surface area contributed by atoms with Crippen LogP contribution in [0.3, 0.4) is 0 Å². The summed E-state index contributed by atoms with van der Waals surface area (Å²) in [4.78, 5) is 72.9. The minimum atomic E-state index is -0.540. The summed E-state index contributed by atoms with van der Waals surface area (Å²) in [6, 6.07) is 0. The minimum Gasteiger partial charge on any atom is -0.332 e. The van der Waals surface area contributed by atoms with E-state index in [0.717, 1.165) is 57.8 Å². The van der Waals surface area contributed by atoms with Gasteiger partial charge in [0.2, 0.25) is 23.6 Å². The molecule has 0 aromatic carbocycles. The lowest BCUT2D eigenvalue weighted by Crippen LogP contribution is -2.49. The smallest absolute Gasteiger partial charge is 0.255 e. The second kappa shape index (κ2) is 8.56. The van der Waals surface area contributed by atoms with Crippen LogP contribution in [0.25, 0.3) is 0 Å². The van der Waals surface area contributed by atoms with Gasteiger partial charge in [0, 0.05) is 16.4 Å². The quantitative estimate of drug-likeness (QED) is 0.336. The highest BCUT2D eigenvalue weighted by Crippen LogP contribution is 2.76. The zero-order chi connectivity index (χ0) is 29.4. The van der Waals surface area contributed by atoms with Gasteiger partial charge in [0.15, 0.2) is 0 Å². The number of likely N-dealkylation sites (tertiary alicyclic amines) is 1. The number of hydrogen-bond donors (Lipinski definition) is 0. The van der Waals surface area contributed by atoms with Gasteiger partial charge < -0.3 is 4.81 Å². The molecule has 4 unspecified atom stereocenters. The zero-order valence-corrected chi connectivity index (χ0v) is 25.8. The van der Waals surface area contributed by atoms with E-state index in [0.29, 0.717) is 13.8 Å². The molecule has 7 nitrogen and oxygen atoms in total. The first-order valence-electron chi connectivity index (χ1n) is 16.5. The first-order chi connectivity index (χ1) is 19.2. The number of rotatable bonds is 7. The van der Waals surface area contributed by atoms with E-state index in [1.165, 1.54) is 4.90 Å². The second-order valence-corrected chi connectivity index (χ2v) is 16.6. The summed E-state index contributed by atoms with van der Waals surface area (Å²) < 4.78 is 0. The number of amides is 4. The van der Waals surface area contributed by atoms with Crippen molar-refractivity contribution in [3.8, 4) is 0 Å². The highest BCUT2D eigenvalue weighted by atomic mass is 16.2. The number of fused-ring (bicyclic) bond motifs is 12. The summed E-state index contributed by atoms with van der Waals surface area (Å²) in [5.41, 5.74) is -1.59. The summed E-state index contributed by atoms with van der Waals surface area (Å²) >= 11 is 0. The summed E-state index contributed by atoms with van der Waals surface area (Å²) in [5, 5.41) is -0.116. The maximum absolute atomic E-state index is 14.8. The molecule has 0 aromatic rings. The number of nitrogens with zero attached hydrogens (tertiary/aromatic N) is 2. The topological polar surface area (TPSA) is 91.8 Å². The monoisotopic (exact) mass is 562 g/mol. The summed E-state index contributed by atoms with van der Waals surface area (Å²) in [7, 11) is 0.468. The van der Waals surface area contributed by atoms with Crippen LogP contribution in [0.2, 0.25) is 5.31 Å². The molecule has 2 heterocycles. The van der Waals surface area contributed by atoms with Crippen molar-refractivity contribution in [1.29, 1.82) is 0 Å². The number of ketones is 1. The average molecular weight is 563 g/mol. The van der Waals surface area contributed by atoms with E-state index in [4.69, 9.17) is 0 Å². The molecule has 0 N–H and O–H groups in total. The summed E-state index contributed by atoms with van der Waals surface area (Å²) in [5.74, 6) is -0.992. The van der Waals surface area contributed by atoms with Crippen LogP contribution < -0.4 is 0 Å². The lowest BCUT2D eigenvalue weighted by atomic mass is 9.58. The molecule has 222 valence electrons. The first kappa shape index (κ1) is 27.8. The van der Waals surface area contributed by atoms with E-state index < -0.39 is 16.4 Å². The molecule has 7 aliphatic rings. The maximum atomic E-state index is 14.8. The molecule has 4 amide bonds. The Labute approximate surface area is 245 Å². The molecule has 0 aromatic heterocycles. The van der Waals surface area contributed by atoms with E-state index in [9.17, 15) is 24.0 Å². The van der Waals surface area contributed by atoms with Crippen molar-refractivity contribution >= 4 is 36.8 Å². The third-order valence-corrected chi connectivity index (χ3v) is 13.7. The Hall–Kier alpha value is -1.99. The fourth-order valence-electron chi connectivity index (χ4n) is 11.7. The molecule has 5 aliphatic carbocycles. The van der Waals surface area contributed by atoms with Gasteiger partial charge in [-0.05, 0) is 87.8 Å². The van der Waals surface area contributed by atoms with Crippen LogP contribution in [0.4, 0.5) is 0 Å². The van der Waals surface area contributed by atoms with Gasteiger partial charge in [-0.15, -0.1) is 0 Å². The van der Waals surface area contributed by atoms with Crippen molar-refractivity contribution in [2.45, 2.75) is 117 Å². The number of carbonyl (C=O) groups excluding carboxylic acids is 5. The number of Topliss-reactive ketones (excluding diaryl/α,β-unsaturated/α-hetero) is 1. The molecule has 2 saturated heterocycles. The SMILES string of the molecule is CCCCC(C)(C)BN1C(=O)C2C(C1=O)[C@H]1C[C@@H]2C[C@]12CC[C@]1(C[C@H]3C[C@@H]1C1C(=O)N(C(C)(C)CC)C(=O)C13)C2=O. The highest BCUT2D eigenvalue weighted by molar-refractivity contribution is 6.47. The van der Waals surface area contributed by atoms with Crippen molar-refractivity contribution in [3.05, 3.63) is 0 Å². The van der Waals surface area contributed by atoms with E-state index in [1.54, 1.807) is 4.81 Å². The Morgan fingerprint density at radius 1 is 0.756 bits per heavy atom. The van der Waals surface area contributed by atoms with Crippen LogP contribution >= 0.6 is 0 Å². The molecule has 5 saturated carbocycles. The largest absolute Gasteiger partial charge is 0.332 e. The van der Waals surface area contributed by atoms with Crippen LogP contribution in [0.1, 0.15) is 106 Å². The zero-order valence-electron chi connectivity index (χ0n) is 25.8. The van der Waals surface area contributed by atoms with Gasteiger partial charge >= 0.3 is 0 Å². The molecular formula is C33H47BN2O5. The number of carbonyl (C=O) groups is 5. The van der Waals surface area contributed by atoms with E-state index in [-0.39, 0.29) is 82.1 Å². The van der Waals surface area contributed by atoms with Crippen molar-refractivity contribution in [1.82, 2.24) is 9.71 Å². The number of hydrogen-bond acceptors (Lipinski definition) is 5. The van der Waals surface area contributed by atoms with Crippen molar-refractivity contribution in [2.24, 2.45) is 58.2 Å². The standard InChI is InChI=1S/C33H47BN2O5/c1-7-9-10-30(3,4)34-36-27(39)22-18-14-20(24(22)28(36)40)33(16-18)12-11-32(29(33)41)15-17-13-19(32)23-21(17)25(37)35(26(23)38)31(5,6)8-2/h17-24,34H,7-16H2,1-6H3/t17-,18-,19-,20-,21?,22?,23?,24?,32-,33-/m1/s1. The van der Waals surface area contributed by atoms with Crippen LogP contribution in [0.15, 0.2) is 0 Å². The highest BCUT2D eigenvalue weighted by Gasteiger charge is 2.78. The second-order valence-electron chi connectivity index (χ2n) is 16.6. The Balaban J connectivity index is 1.15. The van der Waals surface area contributed by atoms with Crippen molar-refractivity contribution in [2.75, 3.05) is 0 Å². The molecule has 2 aliphatic heterocycles. The van der Waals surface area contributed by atoms with Crippen LogP contribution in [0.5, 0.6) is 0 Å². The Kier molecular flexibility index (Phi) is 5.81. The van der Waals surface area contributed by atoms with Gasteiger partial charge in [0.05, 0.1) is 23.7 Å². The van der Waals surface area contributed by atoms with Crippen LogP contribution in [-0.2, 0) is 24.0 Å². The molecule has 7 fully saturated rings. The Bertz CT molecular complexity index is 1260. The van der Waals surface area contributed by atoms with E-state index in [2.05, 4.69) is 20.8 Å². The molecule has 8 heteroatoms. The number of imide groups is 2. The summed E-state index contributed by atoms with van der Waals surface area (Å²) in [6.07, 6.45) is 8.43. The van der Waals surface area contributed by atoms with Gasteiger partial charge in [0.1, 0.15) is 5.78 Å². The fraction of sp³-hybridized carbons (Fsp3) is 0.848.